The lowest BCUT2D eigenvalue weighted by Crippen LogP contribution is -2.37. The van der Waals surface area contributed by atoms with Gasteiger partial charge in [0.15, 0.2) is 0 Å². The molecule has 0 heterocycles. The Morgan fingerprint density at radius 2 is 1.93 bits per heavy atom. The highest BCUT2D eigenvalue weighted by molar-refractivity contribution is 7.89. The van der Waals surface area contributed by atoms with Crippen LogP contribution in [0, 0.1) is 0 Å². The van der Waals surface area contributed by atoms with Gasteiger partial charge in [-0.1, -0.05) is 26.7 Å². The van der Waals surface area contributed by atoms with Crippen molar-refractivity contribution in [3.63, 3.8) is 0 Å². The summed E-state index contributed by atoms with van der Waals surface area (Å²) in [5.41, 5.74) is 5.73. The van der Waals surface area contributed by atoms with Crippen LogP contribution in [-0.4, -0.2) is 38.1 Å². The second-order valence-corrected chi connectivity index (χ2v) is 5.72. The van der Waals surface area contributed by atoms with Gasteiger partial charge in [-0.05, 0) is 6.42 Å². The molecule has 0 aliphatic rings. The molecule has 0 aromatic carbocycles. The molecule has 0 saturated heterocycles. The van der Waals surface area contributed by atoms with E-state index in [9.17, 15) is 8.42 Å². The number of nitrogens with zero attached hydrogens (tertiary/aromatic N) is 1. The minimum atomic E-state index is -3.13. The van der Waals surface area contributed by atoms with Crippen molar-refractivity contribution in [2.45, 2.75) is 39.2 Å². The van der Waals surface area contributed by atoms with E-state index in [0.29, 0.717) is 6.54 Å². The maximum atomic E-state index is 11.6. The molecule has 0 bridgehead atoms. The highest BCUT2D eigenvalue weighted by Gasteiger charge is 2.19. The summed E-state index contributed by atoms with van der Waals surface area (Å²) in [6, 6.07) is -0.228. The lowest BCUT2D eigenvalue weighted by molar-refractivity contribution is 0.477. The highest BCUT2D eigenvalue weighted by Crippen LogP contribution is 2.04. The van der Waals surface area contributed by atoms with E-state index in [1.807, 2.05) is 6.92 Å². The molecule has 0 aliphatic carbocycles. The molecule has 86 valence electrons. The van der Waals surface area contributed by atoms with Crippen molar-refractivity contribution in [3.8, 4) is 0 Å². The van der Waals surface area contributed by atoms with Crippen molar-refractivity contribution in [2.75, 3.05) is 19.3 Å². The van der Waals surface area contributed by atoms with Crippen LogP contribution in [0.1, 0.15) is 33.1 Å². The first kappa shape index (κ1) is 13.9. The summed E-state index contributed by atoms with van der Waals surface area (Å²) >= 11 is 0. The van der Waals surface area contributed by atoms with Gasteiger partial charge in [0.05, 0.1) is 5.75 Å². The van der Waals surface area contributed by atoms with E-state index in [1.165, 1.54) is 4.31 Å². The molecule has 0 saturated carbocycles. The number of unbranched alkanes of at least 4 members (excludes halogenated alkanes) is 1. The first-order chi connectivity index (χ1) is 6.44. The fraction of sp³-hybridized carbons (Fsp3) is 1.00. The average molecular weight is 222 g/mol. The van der Waals surface area contributed by atoms with Crippen molar-refractivity contribution in [2.24, 2.45) is 5.73 Å². The van der Waals surface area contributed by atoms with Crippen LogP contribution in [0.4, 0.5) is 0 Å². The molecule has 0 rings (SSSR count). The molecule has 0 amide bonds. The Balaban J connectivity index is 4.09. The summed E-state index contributed by atoms with van der Waals surface area (Å²) in [4.78, 5) is 0. The number of rotatable bonds is 7. The number of hydrogen-bond donors (Lipinski definition) is 1. The first-order valence-corrected chi connectivity index (χ1v) is 6.74. The van der Waals surface area contributed by atoms with Gasteiger partial charge in [0.25, 0.3) is 0 Å². The largest absolute Gasteiger partial charge is 0.327 e. The van der Waals surface area contributed by atoms with Crippen LogP contribution in [0.2, 0.25) is 0 Å². The van der Waals surface area contributed by atoms with Gasteiger partial charge in [0.1, 0.15) is 0 Å². The third-order valence-corrected chi connectivity index (χ3v) is 4.33. The fourth-order valence-electron chi connectivity index (χ4n) is 1.14. The van der Waals surface area contributed by atoms with E-state index < -0.39 is 10.0 Å². The number of nitrogens with two attached hydrogens (primary N) is 1. The summed E-state index contributed by atoms with van der Waals surface area (Å²) in [6.07, 6.45) is 2.83. The molecule has 14 heavy (non-hydrogen) atoms. The van der Waals surface area contributed by atoms with Crippen LogP contribution in [0.25, 0.3) is 0 Å². The monoisotopic (exact) mass is 222 g/mol. The molecule has 1 atom stereocenters. The molecule has 0 aromatic rings. The van der Waals surface area contributed by atoms with Gasteiger partial charge in [-0.15, -0.1) is 0 Å². The van der Waals surface area contributed by atoms with Crippen molar-refractivity contribution < 1.29 is 8.42 Å². The van der Waals surface area contributed by atoms with Crippen LogP contribution >= 0.6 is 0 Å². The maximum absolute atomic E-state index is 11.6. The van der Waals surface area contributed by atoms with Crippen molar-refractivity contribution >= 4 is 10.0 Å². The van der Waals surface area contributed by atoms with E-state index in [1.54, 1.807) is 7.05 Å². The van der Waals surface area contributed by atoms with Gasteiger partial charge < -0.3 is 5.73 Å². The van der Waals surface area contributed by atoms with Gasteiger partial charge in [-0.2, -0.15) is 0 Å². The predicted octanol–water partition coefficient (Wildman–Crippen LogP) is 0.785. The minimum absolute atomic E-state index is 0.0668. The van der Waals surface area contributed by atoms with E-state index in [0.717, 1.165) is 19.3 Å². The second kappa shape index (κ2) is 6.37. The van der Waals surface area contributed by atoms with Crippen molar-refractivity contribution in [3.05, 3.63) is 0 Å². The molecule has 5 heteroatoms. The number of sulfonamides is 1. The zero-order valence-electron chi connectivity index (χ0n) is 9.36. The van der Waals surface area contributed by atoms with E-state index in [-0.39, 0.29) is 11.8 Å². The Bertz CT molecular complexity index is 239. The summed E-state index contributed by atoms with van der Waals surface area (Å²) in [7, 11) is -1.55. The zero-order chi connectivity index (χ0) is 11.2. The van der Waals surface area contributed by atoms with Gasteiger partial charge in [-0.3, -0.25) is 0 Å². The van der Waals surface area contributed by atoms with Crippen LogP contribution in [-0.2, 0) is 10.0 Å². The van der Waals surface area contributed by atoms with Crippen LogP contribution < -0.4 is 5.73 Å². The third kappa shape index (κ3) is 4.93. The molecule has 4 nitrogen and oxygen atoms in total. The Morgan fingerprint density at radius 1 is 1.36 bits per heavy atom. The van der Waals surface area contributed by atoms with E-state index in [2.05, 4.69) is 6.92 Å². The molecule has 0 fully saturated rings. The molecular weight excluding hydrogens is 200 g/mol. The van der Waals surface area contributed by atoms with Crippen LogP contribution in [0.3, 0.4) is 0 Å². The average Bonchev–Trinajstić information content (AvgIpc) is 2.12. The summed E-state index contributed by atoms with van der Waals surface area (Å²) in [5, 5.41) is 0. The second-order valence-electron chi connectivity index (χ2n) is 3.60. The predicted molar refractivity (Wildman–Crippen MR) is 59.6 cm³/mol. The summed E-state index contributed by atoms with van der Waals surface area (Å²) in [5.74, 6) is 0.0668. The lowest BCUT2D eigenvalue weighted by Gasteiger charge is -2.18. The molecule has 0 spiro atoms. The Kier molecular flexibility index (Phi) is 6.31. The normalized spacial score (nSPS) is 14.6. The molecule has 2 N–H and O–H groups in total. The van der Waals surface area contributed by atoms with Crippen molar-refractivity contribution in [1.82, 2.24) is 4.31 Å². The fourth-order valence-corrected chi connectivity index (χ4v) is 2.50. The van der Waals surface area contributed by atoms with Gasteiger partial charge in [0.2, 0.25) is 10.0 Å². The zero-order valence-corrected chi connectivity index (χ0v) is 10.2. The first-order valence-electron chi connectivity index (χ1n) is 5.13. The van der Waals surface area contributed by atoms with Crippen LogP contribution in [0.15, 0.2) is 0 Å². The van der Waals surface area contributed by atoms with Crippen molar-refractivity contribution in [1.29, 1.82) is 0 Å². The van der Waals surface area contributed by atoms with E-state index >= 15 is 0 Å². The third-order valence-electron chi connectivity index (χ3n) is 2.27. The molecule has 0 aliphatic heterocycles. The standard InChI is InChI=1S/C9H22N2O2S/c1-4-6-7-9(10)8-14(12,13)11(3)5-2/h9H,4-8,10H2,1-3H3. The summed E-state index contributed by atoms with van der Waals surface area (Å²) in [6.45, 7) is 4.39. The Hall–Kier alpha value is -0.130. The van der Waals surface area contributed by atoms with Gasteiger partial charge >= 0.3 is 0 Å². The molecule has 0 radical (unpaired) electrons. The maximum Gasteiger partial charge on any atom is 0.215 e. The Labute approximate surface area is 87.5 Å². The molecule has 1 unspecified atom stereocenters. The number of hydrogen-bond acceptors (Lipinski definition) is 3. The Morgan fingerprint density at radius 3 is 2.36 bits per heavy atom. The molecule has 0 aromatic heterocycles. The molecular formula is C9H22N2O2S. The SMILES string of the molecule is CCCCC(N)CS(=O)(=O)N(C)CC. The topological polar surface area (TPSA) is 63.4 Å². The van der Waals surface area contributed by atoms with Gasteiger partial charge in [0, 0.05) is 19.6 Å². The highest BCUT2D eigenvalue weighted by atomic mass is 32.2. The van der Waals surface area contributed by atoms with Crippen LogP contribution in [0.5, 0.6) is 0 Å². The summed E-state index contributed by atoms with van der Waals surface area (Å²) < 4.78 is 24.5. The lowest BCUT2D eigenvalue weighted by atomic mass is 10.2. The smallest absolute Gasteiger partial charge is 0.215 e. The minimum Gasteiger partial charge on any atom is -0.327 e. The quantitative estimate of drug-likeness (QED) is 0.692. The van der Waals surface area contributed by atoms with E-state index in [4.69, 9.17) is 5.73 Å². The van der Waals surface area contributed by atoms with Gasteiger partial charge in [-0.25, -0.2) is 12.7 Å².